The highest BCUT2D eigenvalue weighted by atomic mass is 32.2. The van der Waals surface area contributed by atoms with Crippen molar-refractivity contribution < 1.29 is 8.42 Å². The Morgan fingerprint density at radius 1 is 1.29 bits per heavy atom. The molecule has 0 aromatic heterocycles. The van der Waals surface area contributed by atoms with Crippen LogP contribution in [0.3, 0.4) is 0 Å². The highest BCUT2D eigenvalue weighted by Crippen LogP contribution is 2.13. The molecule has 0 spiro atoms. The van der Waals surface area contributed by atoms with Crippen LogP contribution >= 0.6 is 0 Å². The molecule has 0 aliphatic rings. The molecule has 0 heterocycles. The van der Waals surface area contributed by atoms with E-state index in [0.29, 0.717) is 5.69 Å². The van der Waals surface area contributed by atoms with E-state index in [1.165, 1.54) is 24.3 Å². The molecular formula is C9H8N2O2S. The molecule has 0 saturated carbocycles. The topological polar surface area (TPSA) is 84.0 Å². The quantitative estimate of drug-likeness (QED) is 0.582. The minimum atomic E-state index is -3.50. The predicted octanol–water partition coefficient (Wildman–Crippen LogP) is 1.08. The predicted molar refractivity (Wildman–Crippen MR) is 52.8 cm³/mol. The van der Waals surface area contributed by atoms with E-state index in [1.807, 2.05) is 0 Å². The number of hydrogen-bond acceptors (Lipinski definition) is 4. The lowest BCUT2D eigenvalue weighted by Crippen LogP contribution is -1.96. The van der Waals surface area contributed by atoms with Crippen molar-refractivity contribution in [1.29, 1.82) is 5.26 Å². The number of nitrogen functional groups attached to an aromatic ring is 1. The number of anilines is 1. The second-order valence-corrected chi connectivity index (χ2v) is 4.38. The summed E-state index contributed by atoms with van der Waals surface area (Å²) in [4.78, 5) is 0.123. The number of sulfone groups is 1. The summed E-state index contributed by atoms with van der Waals surface area (Å²) in [5, 5.41) is 9.06. The molecule has 2 N–H and O–H groups in total. The number of benzene rings is 1. The first-order valence-corrected chi connectivity index (χ1v) is 5.28. The second-order valence-electron chi connectivity index (χ2n) is 2.55. The van der Waals surface area contributed by atoms with E-state index in [1.54, 1.807) is 6.07 Å². The molecule has 1 aromatic rings. The van der Waals surface area contributed by atoms with E-state index in [0.717, 1.165) is 11.5 Å². The molecule has 5 heteroatoms. The van der Waals surface area contributed by atoms with E-state index in [2.05, 4.69) is 0 Å². The Hall–Kier alpha value is -1.80. The molecule has 0 bridgehead atoms. The Morgan fingerprint density at radius 2 is 1.86 bits per heavy atom. The fourth-order valence-electron chi connectivity index (χ4n) is 0.856. The fraction of sp³-hybridized carbons (Fsp3) is 0. The van der Waals surface area contributed by atoms with Crippen molar-refractivity contribution >= 4 is 15.5 Å². The summed E-state index contributed by atoms with van der Waals surface area (Å²) in [5.74, 6) is 0. The van der Waals surface area contributed by atoms with Crippen molar-refractivity contribution in [3.63, 3.8) is 0 Å². The molecule has 0 amide bonds. The Labute approximate surface area is 82.2 Å². The van der Waals surface area contributed by atoms with Gasteiger partial charge in [-0.1, -0.05) is 0 Å². The number of allylic oxidation sites excluding steroid dienone is 1. The zero-order valence-electron chi connectivity index (χ0n) is 7.21. The van der Waals surface area contributed by atoms with Gasteiger partial charge in [0.1, 0.15) is 0 Å². The molecular weight excluding hydrogens is 200 g/mol. The first-order valence-electron chi connectivity index (χ1n) is 3.73. The highest BCUT2D eigenvalue weighted by Gasteiger charge is 2.08. The summed E-state index contributed by atoms with van der Waals surface area (Å²) in [6, 6.07) is 7.40. The van der Waals surface area contributed by atoms with Gasteiger partial charge in [-0.15, -0.1) is 0 Å². The van der Waals surface area contributed by atoms with Crippen molar-refractivity contribution in [1.82, 2.24) is 0 Å². The molecule has 4 nitrogen and oxygen atoms in total. The van der Waals surface area contributed by atoms with Crippen LogP contribution in [0.2, 0.25) is 0 Å². The van der Waals surface area contributed by atoms with Crippen LogP contribution in [0.4, 0.5) is 5.69 Å². The van der Waals surface area contributed by atoms with Crippen molar-refractivity contribution in [2.45, 2.75) is 4.90 Å². The first-order chi connectivity index (χ1) is 6.56. The minimum Gasteiger partial charge on any atom is -0.399 e. The first kappa shape index (κ1) is 10.3. The lowest BCUT2D eigenvalue weighted by Gasteiger charge is -1.98. The van der Waals surface area contributed by atoms with E-state index < -0.39 is 9.84 Å². The van der Waals surface area contributed by atoms with Crippen LogP contribution in [-0.2, 0) is 9.84 Å². The molecule has 14 heavy (non-hydrogen) atoms. The zero-order chi connectivity index (χ0) is 10.6. The normalized spacial score (nSPS) is 11.4. The number of nitriles is 1. The van der Waals surface area contributed by atoms with Crippen LogP contribution in [0.5, 0.6) is 0 Å². The molecule has 0 radical (unpaired) electrons. The summed E-state index contributed by atoms with van der Waals surface area (Å²) in [6.07, 6.45) is 0.922. The van der Waals surface area contributed by atoms with Crippen LogP contribution < -0.4 is 5.73 Å². The van der Waals surface area contributed by atoms with E-state index in [9.17, 15) is 8.42 Å². The van der Waals surface area contributed by atoms with Gasteiger partial charge in [-0.3, -0.25) is 0 Å². The zero-order valence-corrected chi connectivity index (χ0v) is 8.03. The smallest absolute Gasteiger partial charge is 0.200 e. The van der Waals surface area contributed by atoms with Crippen LogP contribution in [0.25, 0.3) is 0 Å². The molecule has 0 aliphatic carbocycles. The fourth-order valence-corrected chi connectivity index (χ4v) is 1.77. The molecule has 1 rings (SSSR count). The van der Waals surface area contributed by atoms with Gasteiger partial charge in [0.2, 0.25) is 9.84 Å². The molecule has 1 aromatic carbocycles. The SMILES string of the molecule is N#C/C=C/S(=O)(=O)c1ccc(N)cc1. The van der Waals surface area contributed by atoms with Gasteiger partial charge in [0.15, 0.2) is 0 Å². The summed E-state index contributed by atoms with van der Waals surface area (Å²) in [5.41, 5.74) is 5.90. The minimum absolute atomic E-state index is 0.123. The third-order valence-corrected chi connectivity index (χ3v) is 2.95. The van der Waals surface area contributed by atoms with Gasteiger partial charge in [-0.25, -0.2) is 8.42 Å². The third-order valence-electron chi connectivity index (χ3n) is 1.53. The number of hydrogen-bond donors (Lipinski definition) is 1. The largest absolute Gasteiger partial charge is 0.399 e. The average Bonchev–Trinajstić information content (AvgIpc) is 2.16. The molecule has 0 aliphatic heterocycles. The van der Waals surface area contributed by atoms with E-state index in [-0.39, 0.29) is 4.90 Å². The lowest BCUT2D eigenvalue weighted by atomic mass is 10.3. The lowest BCUT2D eigenvalue weighted by molar-refractivity contribution is 0.604. The Bertz CT molecular complexity index is 481. The van der Waals surface area contributed by atoms with Crippen molar-refractivity contribution in [2.24, 2.45) is 0 Å². The Morgan fingerprint density at radius 3 is 2.36 bits per heavy atom. The number of nitrogens with two attached hydrogens (primary N) is 1. The van der Waals surface area contributed by atoms with Gasteiger partial charge < -0.3 is 5.73 Å². The summed E-state index contributed by atoms with van der Waals surface area (Å²) < 4.78 is 22.8. The van der Waals surface area contributed by atoms with Gasteiger partial charge in [0, 0.05) is 17.2 Å². The molecule has 0 saturated heterocycles. The van der Waals surface area contributed by atoms with Gasteiger partial charge in [-0.2, -0.15) is 5.26 Å². The summed E-state index contributed by atoms with van der Waals surface area (Å²) in [6.45, 7) is 0. The van der Waals surface area contributed by atoms with Crippen LogP contribution in [0.15, 0.2) is 40.6 Å². The van der Waals surface area contributed by atoms with Crippen LogP contribution in [-0.4, -0.2) is 8.42 Å². The maximum Gasteiger partial charge on any atom is 0.200 e. The van der Waals surface area contributed by atoms with Crippen LogP contribution in [0.1, 0.15) is 0 Å². The van der Waals surface area contributed by atoms with E-state index in [4.69, 9.17) is 11.0 Å². The summed E-state index contributed by atoms with van der Waals surface area (Å²) in [7, 11) is -3.50. The number of rotatable bonds is 2. The Kier molecular flexibility index (Phi) is 2.89. The second kappa shape index (κ2) is 3.94. The third kappa shape index (κ3) is 2.34. The van der Waals surface area contributed by atoms with Crippen molar-refractivity contribution in [3.05, 3.63) is 35.7 Å². The van der Waals surface area contributed by atoms with Crippen molar-refractivity contribution in [3.8, 4) is 6.07 Å². The maximum atomic E-state index is 11.4. The average molecular weight is 208 g/mol. The molecule has 0 unspecified atom stereocenters. The van der Waals surface area contributed by atoms with E-state index >= 15 is 0 Å². The van der Waals surface area contributed by atoms with Gasteiger partial charge in [-0.05, 0) is 24.3 Å². The van der Waals surface area contributed by atoms with Gasteiger partial charge >= 0.3 is 0 Å². The molecule has 72 valence electrons. The monoisotopic (exact) mass is 208 g/mol. The van der Waals surface area contributed by atoms with Gasteiger partial charge in [0.25, 0.3) is 0 Å². The van der Waals surface area contributed by atoms with Crippen molar-refractivity contribution in [2.75, 3.05) is 5.73 Å². The van der Waals surface area contributed by atoms with Crippen LogP contribution in [0, 0.1) is 11.3 Å². The molecule has 0 fully saturated rings. The molecule has 0 atom stereocenters. The maximum absolute atomic E-state index is 11.4. The standard InChI is InChI=1S/C9H8N2O2S/c10-6-1-7-14(12,13)9-4-2-8(11)3-5-9/h1-5,7H,11H2/b7-1+. The Balaban J connectivity index is 3.13. The highest BCUT2D eigenvalue weighted by molar-refractivity contribution is 7.94. The number of nitrogens with zero attached hydrogens (tertiary/aromatic N) is 1. The summed E-state index contributed by atoms with van der Waals surface area (Å²) >= 11 is 0. The van der Waals surface area contributed by atoms with Gasteiger partial charge in [0.05, 0.1) is 11.0 Å².